The molecule has 122 valence electrons. The molecule has 22 heavy (non-hydrogen) atoms. The third-order valence-electron chi connectivity index (χ3n) is 3.17. The zero-order valence-electron chi connectivity index (χ0n) is 14.1. The number of benzene rings is 1. The molecule has 0 aliphatic heterocycles. The normalized spacial score (nSPS) is 12.4. The molecule has 0 radical (unpaired) electrons. The van der Waals surface area contributed by atoms with E-state index in [1.807, 2.05) is 58.0 Å². The highest BCUT2D eigenvalue weighted by Gasteiger charge is 2.19. The highest BCUT2D eigenvalue weighted by molar-refractivity contribution is 5.74. The molecule has 0 fully saturated rings. The van der Waals surface area contributed by atoms with E-state index in [1.54, 1.807) is 4.90 Å². The monoisotopic (exact) mass is 306 g/mol. The molecule has 1 unspecified atom stereocenters. The second-order valence-corrected chi connectivity index (χ2v) is 6.23. The van der Waals surface area contributed by atoms with Crippen LogP contribution >= 0.6 is 0 Å². The average molecular weight is 306 g/mol. The summed E-state index contributed by atoms with van der Waals surface area (Å²) in [5.74, 6) is -0.0256. The van der Waals surface area contributed by atoms with Crippen LogP contribution in [0.4, 0.5) is 4.79 Å². The molecule has 0 aromatic heterocycles. The first-order chi connectivity index (χ1) is 10.2. The molecule has 1 aromatic rings. The van der Waals surface area contributed by atoms with Gasteiger partial charge in [0.2, 0.25) is 5.91 Å². The topological polar surface area (TPSA) is 58.6 Å². The van der Waals surface area contributed by atoms with Crippen molar-refractivity contribution in [2.24, 2.45) is 0 Å². The van der Waals surface area contributed by atoms with Crippen molar-refractivity contribution in [3.05, 3.63) is 35.9 Å². The van der Waals surface area contributed by atoms with Gasteiger partial charge >= 0.3 is 6.09 Å². The van der Waals surface area contributed by atoms with E-state index in [0.717, 1.165) is 5.56 Å². The van der Waals surface area contributed by atoms with Crippen molar-refractivity contribution in [3.63, 3.8) is 0 Å². The maximum atomic E-state index is 11.8. The van der Waals surface area contributed by atoms with Crippen molar-refractivity contribution >= 4 is 12.0 Å². The van der Waals surface area contributed by atoms with Gasteiger partial charge in [0.25, 0.3) is 0 Å². The molecule has 0 aliphatic carbocycles. The Bertz CT molecular complexity index is 494. The van der Waals surface area contributed by atoms with Crippen LogP contribution in [0, 0.1) is 0 Å². The molecule has 0 spiro atoms. The lowest BCUT2D eigenvalue weighted by Gasteiger charge is -2.29. The van der Waals surface area contributed by atoms with Crippen LogP contribution in [0.15, 0.2) is 30.3 Å². The third kappa shape index (κ3) is 6.16. The lowest BCUT2D eigenvalue weighted by molar-refractivity contribution is -0.130. The molecule has 1 aromatic carbocycles. The molecule has 0 heterocycles. The van der Waals surface area contributed by atoms with Crippen molar-refractivity contribution in [2.75, 3.05) is 13.1 Å². The number of amides is 2. The van der Waals surface area contributed by atoms with Gasteiger partial charge in [-0.2, -0.15) is 0 Å². The van der Waals surface area contributed by atoms with Gasteiger partial charge in [-0.1, -0.05) is 30.3 Å². The Morgan fingerprint density at radius 3 is 2.32 bits per heavy atom. The lowest BCUT2D eigenvalue weighted by atomic mass is 10.1. The minimum atomic E-state index is -0.526. The molecule has 1 N–H and O–H groups in total. The summed E-state index contributed by atoms with van der Waals surface area (Å²) in [6.45, 7) is 9.73. The Hall–Kier alpha value is -2.04. The quantitative estimate of drug-likeness (QED) is 0.909. The van der Waals surface area contributed by atoms with Crippen LogP contribution in [-0.4, -0.2) is 35.6 Å². The maximum Gasteiger partial charge on any atom is 0.407 e. The number of alkyl carbamates (subject to hydrolysis) is 1. The van der Waals surface area contributed by atoms with Crippen LogP contribution in [0.3, 0.4) is 0 Å². The zero-order valence-corrected chi connectivity index (χ0v) is 14.1. The van der Waals surface area contributed by atoms with Crippen molar-refractivity contribution < 1.29 is 14.3 Å². The average Bonchev–Trinajstić information content (AvgIpc) is 2.41. The second-order valence-electron chi connectivity index (χ2n) is 6.23. The number of hydrogen-bond donors (Lipinski definition) is 1. The Morgan fingerprint density at radius 1 is 1.23 bits per heavy atom. The molecule has 5 nitrogen and oxygen atoms in total. The maximum absolute atomic E-state index is 11.8. The van der Waals surface area contributed by atoms with Crippen LogP contribution in [-0.2, 0) is 9.53 Å². The molecule has 0 aliphatic rings. The van der Waals surface area contributed by atoms with E-state index >= 15 is 0 Å². The zero-order chi connectivity index (χ0) is 16.8. The molecule has 0 bridgehead atoms. The van der Waals surface area contributed by atoms with Crippen LogP contribution in [0.1, 0.15) is 46.2 Å². The summed E-state index contributed by atoms with van der Waals surface area (Å²) in [7, 11) is 0. The molecular weight excluding hydrogens is 280 g/mol. The fourth-order valence-corrected chi connectivity index (χ4v) is 2.13. The summed E-state index contributed by atoms with van der Waals surface area (Å²) < 4.78 is 5.17. The molecule has 0 saturated heterocycles. The van der Waals surface area contributed by atoms with Crippen LogP contribution < -0.4 is 5.32 Å². The molecule has 5 heteroatoms. The SMILES string of the molecule is CC(=O)N(CCNC(=O)OC(C)(C)C)C(C)c1ccccc1. The van der Waals surface area contributed by atoms with Crippen LogP contribution in [0.2, 0.25) is 0 Å². The molecule has 1 rings (SSSR count). The molecular formula is C17H26N2O3. The van der Waals surface area contributed by atoms with E-state index in [9.17, 15) is 9.59 Å². The number of ether oxygens (including phenoxy) is 1. The smallest absolute Gasteiger partial charge is 0.407 e. The predicted molar refractivity (Wildman–Crippen MR) is 86.5 cm³/mol. The minimum Gasteiger partial charge on any atom is -0.444 e. The van der Waals surface area contributed by atoms with E-state index in [-0.39, 0.29) is 11.9 Å². The minimum absolute atomic E-state index is 0.0256. The van der Waals surface area contributed by atoms with Gasteiger partial charge < -0.3 is 15.0 Å². The number of carbonyl (C=O) groups excluding carboxylic acids is 2. The summed E-state index contributed by atoms with van der Waals surface area (Å²) in [5, 5.41) is 2.68. The van der Waals surface area contributed by atoms with Crippen LogP contribution in [0.5, 0.6) is 0 Å². The summed E-state index contributed by atoms with van der Waals surface area (Å²) in [5.41, 5.74) is 0.539. The van der Waals surface area contributed by atoms with Gasteiger partial charge in [0.1, 0.15) is 5.60 Å². The highest BCUT2D eigenvalue weighted by Crippen LogP contribution is 2.19. The number of hydrogen-bond acceptors (Lipinski definition) is 3. The predicted octanol–water partition coefficient (Wildman–Crippen LogP) is 3.12. The summed E-state index contributed by atoms with van der Waals surface area (Å²) in [4.78, 5) is 25.2. The van der Waals surface area contributed by atoms with Gasteiger partial charge in [-0.3, -0.25) is 4.79 Å². The molecule has 1 atom stereocenters. The fraction of sp³-hybridized carbons (Fsp3) is 0.529. The summed E-state index contributed by atoms with van der Waals surface area (Å²) in [6, 6.07) is 9.77. The van der Waals surface area contributed by atoms with Gasteiger partial charge in [0.15, 0.2) is 0 Å². The van der Waals surface area contributed by atoms with Gasteiger partial charge in [0, 0.05) is 20.0 Å². The van der Waals surface area contributed by atoms with Gasteiger partial charge in [-0.15, -0.1) is 0 Å². The Labute approximate surface area is 132 Å². The largest absolute Gasteiger partial charge is 0.444 e. The van der Waals surface area contributed by atoms with Crippen molar-refractivity contribution in [2.45, 2.75) is 46.3 Å². The number of nitrogens with one attached hydrogen (secondary N) is 1. The molecule has 2 amide bonds. The van der Waals surface area contributed by atoms with Crippen molar-refractivity contribution in [1.29, 1.82) is 0 Å². The van der Waals surface area contributed by atoms with Gasteiger partial charge in [-0.25, -0.2) is 4.79 Å². The summed E-state index contributed by atoms with van der Waals surface area (Å²) in [6.07, 6.45) is -0.469. The first kappa shape index (κ1) is 18.0. The van der Waals surface area contributed by atoms with Gasteiger partial charge in [0.05, 0.1) is 6.04 Å². The van der Waals surface area contributed by atoms with E-state index in [2.05, 4.69) is 5.32 Å². The first-order valence-corrected chi connectivity index (χ1v) is 7.49. The van der Waals surface area contributed by atoms with Crippen LogP contribution in [0.25, 0.3) is 0 Å². The number of nitrogens with zero attached hydrogens (tertiary/aromatic N) is 1. The lowest BCUT2D eigenvalue weighted by Crippen LogP contribution is -2.40. The van der Waals surface area contributed by atoms with Crippen molar-refractivity contribution in [1.82, 2.24) is 10.2 Å². The molecule has 0 saturated carbocycles. The standard InChI is InChI=1S/C17H26N2O3/c1-13(15-9-7-6-8-10-15)19(14(2)20)12-11-18-16(21)22-17(3,4)5/h6-10,13H,11-12H2,1-5H3,(H,18,21). The van der Waals surface area contributed by atoms with E-state index in [1.165, 1.54) is 6.92 Å². The van der Waals surface area contributed by atoms with E-state index in [4.69, 9.17) is 4.74 Å². The van der Waals surface area contributed by atoms with Crippen molar-refractivity contribution in [3.8, 4) is 0 Å². The third-order valence-corrected chi connectivity index (χ3v) is 3.17. The summed E-state index contributed by atoms with van der Waals surface area (Å²) >= 11 is 0. The van der Waals surface area contributed by atoms with E-state index < -0.39 is 11.7 Å². The fourth-order valence-electron chi connectivity index (χ4n) is 2.13. The number of rotatable bonds is 5. The van der Waals surface area contributed by atoms with E-state index in [0.29, 0.717) is 13.1 Å². The van der Waals surface area contributed by atoms with Gasteiger partial charge in [-0.05, 0) is 33.3 Å². The first-order valence-electron chi connectivity index (χ1n) is 7.49. The second kappa shape index (κ2) is 7.82. The Balaban J connectivity index is 2.56. The highest BCUT2D eigenvalue weighted by atomic mass is 16.6. The Morgan fingerprint density at radius 2 is 1.82 bits per heavy atom. The number of carbonyl (C=O) groups is 2. The Kier molecular flexibility index (Phi) is 6.40.